The van der Waals surface area contributed by atoms with Crippen LogP contribution in [-0.4, -0.2) is 40.6 Å². The number of hydrogen-bond acceptors (Lipinski definition) is 6. The van der Waals surface area contributed by atoms with E-state index < -0.39 is 0 Å². The van der Waals surface area contributed by atoms with Crippen molar-refractivity contribution in [3.8, 4) is 22.9 Å². The molecule has 0 radical (unpaired) electrons. The van der Waals surface area contributed by atoms with Gasteiger partial charge in [0.25, 0.3) is 0 Å². The number of para-hydroxylation sites is 2. The van der Waals surface area contributed by atoms with Crippen molar-refractivity contribution in [1.29, 1.82) is 0 Å². The number of nitrogens with one attached hydrogen (secondary N) is 2. The van der Waals surface area contributed by atoms with Gasteiger partial charge in [0, 0.05) is 5.02 Å². The van der Waals surface area contributed by atoms with Gasteiger partial charge in [-0.25, -0.2) is 4.98 Å². The molecule has 146 valence electrons. The second kappa shape index (κ2) is 9.48. The van der Waals surface area contributed by atoms with E-state index in [2.05, 4.69) is 20.5 Å². The quantitative estimate of drug-likeness (QED) is 0.531. The molecule has 0 aliphatic carbocycles. The number of aromatic amines is 1. The minimum Gasteiger partial charge on any atom is -0.496 e. The van der Waals surface area contributed by atoms with Crippen molar-refractivity contribution in [3.63, 3.8) is 0 Å². The normalized spacial score (nSPS) is 10.5. The third kappa shape index (κ3) is 4.96. The molecule has 1 amide bonds. The number of halogens is 1. The van der Waals surface area contributed by atoms with Crippen molar-refractivity contribution in [1.82, 2.24) is 15.2 Å². The largest absolute Gasteiger partial charge is 0.496 e. The lowest BCUT2D eigenvalue weighted by molar-refractivity contribution is -0.113. The molecule has 0 spiro atoms. The number of H-pyrrole nitrogens is 1. The van der Waals surface area contributed by atoms with E-state index in [0.717, 1.165) is 0 Å². The zero-order chi connectivity index (χ0) is 19.9. The fraction of sp³-hybridized carbons (Fsp3) is 0.211. The summed E-state index contributed by atoms with van der Waals surface area (Å²) >= 11 is 7.28. The van der Waals surface area contributed by atoms with E-state index in [4.69, 9.17) is 21.1 Å². The predicted molar refractivity (Wildman–Crippen MR) is 110 cm³/mol. The Hall–Kier alpha value is -2.71. The molecular weight excluding hydrogens is 400 g/mol. The summed E-state index contributed by atoms with van der Waals surface area (Å²) in [5.74, 6) is 1.76. The topological polar surface area (TPSA) is 89.1 Å². The average molecular weight is 419 g/mol. The summed E-state index contributed by atoms with van der Waals surface area (Å²) in [5, 5.41) is 10.9. The van der Waals surface area contributed by atoms with Crippen LogP contribution in [0, 0.1) is 0 Å². The van der Waals surface area contributed by atoms with Gasteiger partial charge in [0.1, 0.15) is 11.5 Å². The van der Waals surface area contributed by atoms with Gasteiger partial charge in [-0.15, -0.1) is 5.10 Å². The van der Waals surface area contributed by atoms with E-state index in [0.29, 0.717) is 45.4 Å². The Labute approximate surface area is 171 Å². The molecule has 0 saturated carbocycles. The number of carbonyl (C=O) groups is 1. The van der Waals surface area contributed by atoms with E-state index in [1.54, 1.807) is 31.4 Å². The molecule has 3 rings (SSSR count). The highest BCUT2D eigenvalue weighted by atomic mass is 35.5. The van der Waals surface area contributed by atoms with Gasteiger partial charge in [-0.05, 0) is 37.3 Å². The average Bonchev–Trinajstić information content (AvgIpc) is 3.17. The van der Waals surface area contributed by atoms with Gasteiger partial charge >= 0.3 is 0 Å². The molecule has 0 unspecified atom stereocenters. The fourth-order valence-corrected chi connectivity index (χ4v) is 3.23. The molecule has 3 aromatic rings. The van der Waals surface area contributed by atoms with Gasteiger partial charge in [-0.2, -0.15) is 0 Å². The summed E-state index contributed by atoms with van der Waals surface area (Å²) in [6.45, 7) is 2.42. The number of hydrogen-bond donors (Lipinski definition) is 2. The predicted octanol–water partition coefficient (Wildman–Crippen LogP) is 4.26. The van der Waals surface area contributed by atoms with Gasteiger partial charge in [0.05, 0.1) is 30.7 Å². The highest BCUT2D eigenvalue weighted by molar-refractivity contribution is 7.99. The summed E-state index contributed by atoms with van der Waals surface area (Å²) < 4.78 is 10.8. The van der Waals surface area contributed by atoms with Crippen LogP contribution in [0.2, 0.25) is 5.02 Å². The van der Waals surface area contributed by atoms with Crippen LogP contribution in [0.25, 0.3) is 11.4 Å². The number of rotatable bonds is 8. The Kier molecular flexibility index (Phi) is 6.78. The van der Waals surface area contributed by atoms with Crippen molar-refractivity contribution in [2.75, 3.05) is 24.8 Å². The van der Waals surface area contributed by atoms with Gasteiger partial charge in [0.15, 0.2) is 5.82 Å². The van der Waals surface area contributed by atoms with Crippen molar-refractivity contribution < 1.29 is 14.3 Å². The van der Waals surface area contributed by atoms with Gasteiger partial charge < -0.3 is 14.8 Å². The Morgan fingerprint density at radius 1 is 1.25 bits per heavy atom. The zero-order valence-corrected chi connectivity index (χ0v) is 16.9. The molecule has 2 N–H and O–H groups in total. The number of aromatic nitrogens is 3. The van der Waals surface area contributed by atoms with E-state index in [1.165, 1.54) is 11.8 Å². The molecule has 0 aliphatic rings. The summed E-state index contributed by atoms with van der Waals surface area (Å²) in [7, 11) is 1.57. The second-order valence-electron chi connectivity index (χ2n) is 5.58. The highest BCUT2D eigenvalue weighted by Crippen LogP contribution is 2.31. The van der Waals surface area contributed by atoms with Crippen LogP contribution < -0.4 is 14.8 Å². The Morgan fingerprint density at radius 2 is 2.07 bits per heavy atom. The number of nitrogens with zero attached hydrogens (tertiary/aromatic N) is 2. The maximum atomic E-state index is 12.3. The SMILES string of the molecule is CCOc1ccccc1NC(=O)CSc1n[nH]c(-c2cc(Cl)ccc2OC)n1. The summed E-state index contributed by atoms with van der Waals surface area (Å²) in [4.78, 5) is 16.7. The molecule has 1 aromatic heterocycles. The third-order valence-electron chi connectivity index (χ3n) is 3.67. The molecule has 0 atom stereocenters. The number of benzene rings is 2. The lowest BCUT2D eigenvalue weighted by atomic mass is 10.2. The first-order valence-electron chi connectivity index (χ1n) is 8.51. The zero-order valence-electron chi connectivity index (χ0n) is 15.4. The van der Waals surface area contributed by atoms with Crippen LogP contribution >= 0.6 is 23.4 Å². The first kappa shape index (κ1) is 20.0. The lowest BCUT2D eigenvalue weighted by Gasteiger charge is -2.10. The number of amides is 1. The fourth-order valence-electron chi connectivity index (χ4n) is 2.46. The van der Waals surface area contributed by atoms with Crippen LogP contribution in [0.5, 0.6) is 11.5 Å². The molecule has 0 saturated heterocycles. The maximum Gasteiger partial charge on any atom is 0.234 e. The Bertz CT molecular complexity index is 964. The van der Waals surface area contributed by atoms with Crippen molar-refractivity contribution >= 4 is 35.0 Å². The minimum absolute atomic E-state index is 0.157. The molecule has 1 heterocycles. The molecule has 28 heavy (non-hydrogen) atoms. The van der Waals surface area contributed by atoms with Crippen molar-refractivity contribution in [2.45, 2.75) is 12.1 Å². The second-order valence-corrected chi connectivity index (χ2v) is 6.96. The van der Waals surface area contributed by atoms with Crippen LogP contribution in [0.3, 0.4) is 0 Å². The lowest BCUT2D eigenvalue weighted by Crippen LogP contribution is -2.15. The Morgan fingerprint density at radius 3 is 2.86 bits per heavy atom. The summed E-state index contributed by atoms with van der Waals surface area (Å²) in [5.41, 5.74) is 1.33. The van der Waals surface area contributed by atoms with Gasteiger partial charge in [-0.3, -0.25) is 9.89 Å². The summed E-state index contributed by atoms with van der Waals surface area (Å²) in [6.07, 6.45) is 0. The van der Waals surface area contributed by atoms with Crippen molar-refractivity contribution in [3.05, 3.63) is 47.5 Å². The molecule has 0 fully saturated rings. The molecule has 2 aromatic carbocycles. The molecular formula is C19H19ClN4O3S. The number of carbonyl (C=O) groups excluding carboxylic acids is 1. The number of ether oxygens (including phenoxy) is 2. The monoisotopic (exact) mass is 418 g/mol. The summed E-state index contributed by atoms with van der Waals surface area (Å²) in [6, 6.07) is 12.5. The van der Waals surface area contributed by atoms with Crippen LogP contribution in [0.15, 0.2) is 47.6 Å². The number of anilines is 1. The molecule has 7 nitrogen and oxygen atoms in total. The van der Waals surface area contributed by atoms with Crippen molar-refractivity contribution in [2.24, 2.45) is 0 Å². The van der Waals surface area contributed by atoms with E-state index in [1.807, 2.05) is 25.1 Å². The Balaban J connectivity index is 1.64. The minimum atomic E-state index is -0.177. The van der Waals surface area contributed by atoms with Crippen LogP contribution in [0.1, 0.15) is 6.92 Å². The van der Waals surface area contributed by atoms with Crippen LogP contribution in [-0.2, 0) is 4.79 Å². The molecule has 0 bridgehead atoms. The van der Waals surface area contributed by atoms with E-state index in [9.17, 15) is 4.79 Å². The van der Waals surface area contributed by atoms with Gasteiger partial charge in [-0.1, -0.05) is 35.5 Å². The first-order chi connectivity index (χ1) is 13.6. The number of thioether (sulfide) groups is 1. The molecule has 9 heteroatoms. The van der Waals surface area contributed by atoms with E-state index in [-0.39, 0.29) is 11.7 Å². The van der Waals surface area contributed by atoms with E-state index >= 15 is 0 Å². The maximum absolute atomic E-state index is 12.3. The first-order valence-corrected chi connectivity index (χ1v) is 9.88. The van der Waals surface area contributed by atoms with Crippen LogP contribution in [0.4, 0.5) is 5.69 Å². The smallest absolute Gasteiger partial charge is 0.234 e. The number of methoxy groups -OCH3 is 1. The standard InChI is InChI=1S/C19H19ClN4O3S/c1-3-27-16-7-5-4-6-14(16)21-17(25)11-28-19-22-18(23-24-19)13-10-12(20)8-9-15(13)26-2/h4-10H,3,11H2,1-2H3,(H,21,25)(H,22,23,24). The highest BCUT2D eigenvalue weighted by Gasteiger charge is 2.14. The third-order valence-corrected chi connectivity index (χ3v) is 4.76. The molecule has 0 aliphatic heterocycles. The van der Waals surface area contributed by atoms with Gasteiger partial charge in [0.2, 0.25) is 11.1 Å².